The zero-order valence-corrected chi connectivity index (χ0v) is 16.8. The number of amides is 1. The Bertz CT molecular complexity index is 935. The fourth-order valence-electron chi connectivity index (χ4n) is 3.26. The van der Waals surface area contributed by atoms with Crippen LogP contribution in [0.2, 0.25) is 0 Å². The lowest BCUT2D eigenvalue weighted by Crippen LogP contribution is -2.18. The minimum absolute atomic E-state index is 0.161. The molecule has 1 aliphatic carbocycles. The summed E-state index contributed by atoms with van der Waals surface area (Å²) in [6.45, 7) is 5.72. The first-order chi connectivity index (χ1) is 13.3. The van der Waals surface area contributed by atoms with Crippen molar-refractivity contribution in [3.8, 4) is 0 Å². The number of thiophene rings is 1. The fourth-order valence-corrected chi connectivity index (χ4v) is 4.66. The van der Waals surface area contributed by atoms with Crippen molar-refractivity contribution < 1.29 is 19.2 Å². The lowest BCUT2D eigenvalue weighted by atomic mass is 9.88. The first-order valence-electron chi connectivity index (χ1n) is 9.17. The van der Waals surface area contributed by atoms with E-state index in [0.717, 1.165) is 29.7 Å². The Kier molecular flexibility index (Phi) is 5.79. The van der Waals surface area contributed by atoms with Gasteiger partial charge in [-0.05, 0) is 50.7 Å². The number of nitro benzene ring substituents is 1. The monoisotopic (exact) mass is 402 g/mol. The van der Waals surface area contributed by atoms with Gasteiger partial charge in [-0.2, -0.15) is 0 Å². The number of carbonyl (C=O) groups is 2. The Hall–Kier alpha value is -2.74. The summed E-state index contributed by atoms with van der Waals surface area (Å²) in [5.41, 5.74) is 1.37. The summed E-state index contributed by atoms with van der Waals surface area (Å²) < 4.78 is 5.39. The highest BCUT2D eigenvalue weighted by molar-refractivity contribution is 7.17. The molecular formula is C20H22N2O5S. The highest BCUT2D eigenvalue weighted by Gasteiger charge is 2.30. The van der Waals surface area contributed by atoms with E-state index in [0.29, 0.717) is 16.5 Å². The molecule has 0 aliphatic heterocycles. The van der Waals surface area contributed by atoms with E-state index >= 15 is 0 Å². The van der Waals surface area contributed by atoms with Crippen molar-refractivity contribution in [2.45, 2.75) is 46.1 Å². The van der Waals surface area contributed by atoms with Crippen molar-refractivity contribution in [2.75, 3.05) is 5.32 Å². The van der Waals surface area contributed by atoms with E-state index in [2.05, 4.69) is 12.2 Å². The number of nitrogens with zero attached hydrogens (tertiary/aromatic N) is 1. The number of ether oxygens (including phenoxy) is 1. The summed E-state index contributed by atoms with van der Waals surface area (Å²) in [5, 5.41) is 14.2. The van der Waals surface area contributed by atoms with Gasteiger partial charge in [0.1, 0.15) is 5.00 Å². The molecule has 0 radical (unpaired) electrons. The molecule has 0 unspecified atom stereocenters. The van der Waals surface area contributed by atoms with Gasteiger partial charge < -0.3 is 10.1 Å². The van der Waals surface area contributed by atoms with Crippen LogP contribution in [0.4, 0.5) is 10.7 Å². The molecule has 1 aromatic heterocycles. The molecule has 28 heavy (non-hydrogen) atoms. The number of anilines is 1. The number of rotatable bonds is 5. The van der Waals surface area contributed by atoms with Gasteiger partial charge >= 0.3 is 5.97 Å². The number of non-ortho nitro benzene ring substituents is 1. The predicted molar refractivity (Wildman–Crippen MR) is 107 cm³/mol. The van der Waals surface area contributed by atoms with Crippen LogP contribution in [-0.4, -0.2) is 22.9 Å². The Morgan fingerprint density at radius 1 is 1.36 bits per heavy atom. The average Bonchev–Trinajstić information content (AvgIpc) is 2.98. The minimum Gasteiger partial charge on any atom is -0.459 e. The van der Waals surface area contributed by atoms with E-state index in [1.807, 2.05) is 0 Å². The van der Waals surface area contributed by atoms with Crippen LogP contribution in [0.25, 0.3) is 0 Å². The lowest BCUT2D eigenvalue weighted by Gasteiger charge is -2.18. The normalized spacial score (nSPS) is 15.8. The average molecular weight is 402 g/mol. The van der Waals surface area contributed by atoms with Gasteiger partial charge in [-0.3, -0.25) is 14.9 Å². The van der Waals surface area contributed by atoms with E-state index in [1.54, 1.807) is 13.8 Å². The molecule has 1 aromatic carbocycles. The maximum Gasteiger partial charge on any atom is 0.341 e. The first-order valence-corrected chi connectivity index (χ1v) is 9.99. The van der Waals surface area contributed by atoms with Crippen LogP contribution in [0, 0.1) is 16.0 Å². The third-order valence-electron chi connectivity index (χ3n) is 4.60. The molecule has 0 spiro atoms. The van der Waals surface area contributed by atoms with Crippen LogP contribution in [0.15, 0.2) is 24.3 Å². The summed E-state index contributed by atoms with van der Waals surface area (Å²) in [7, 11) is 0. The molecule has 148 valence electrons. The second kappa shape index (κ2) is 8.10. The molecule has 1 heterocycles. The second-order valence-electron chi connectivity index (χ2n) is 7.27. The van der Waals surface area contributed by atoms with E-state index in [9.17, 15) is 19.7 Å². The van der Waals surface area contributed by atoms with Crippen molar-refractivity contribution in [3.63, 3.8) is 0 Å². The van der Waals surface area contributed by atoms with Crippen molar-refractivity contribution in [2.24, 2.45) is 5.92 Å². The van der Waals surface area contributed by atoms with Crippen LogP contribution in [-0.2, 0) is 17.6 Å². The van der Waals surface area contributed by atoms with Gasteiger partial charge in [0.05, 0.1) is 16.6 Å². The molecular weight excluding hydrogens is 380 g/mol. The molecule has 1 atom stereocenters. The summed E-state index contributed by atoms with van der Waals surface area (Å²) in [6, 6.07) is 5.51. The van der Waals surface area contributed by atoms with E-state index in [1.165, 1.54) is 35.6 Å². The fraction of sp³-hybridized carbons (Fsp3) is 0.400. The molecule has 3 rings (SSSR count). The van der Waals surface area contributed by atoms with Crippen molar-refractivity contribution in [3.05, 3.63) is 55.9 Å². The number of hydrogen-bond donors (Lipinski definition) is 1. The quantitative estimate of drug-likeness (QED) is 0.448. The van der Waals surface area contributed by atoms with E-state index < -0.39 is 16.8 Å². The summed E-state index contributed by atoms with van der Waals surface area (Å²) in [6.07, 6.45) is 2.33. The molecule has 7 nitrogen and oxygen atoms in total. The number of benzene rings is 1. The standard InChI is InChI=1S/C20H22N2O5S/c1-11(2)27-20(24)17-15-8-7-12(3)9-16(15)28-19(17)21-18(23)13-5-4-6-14(10-13)22(25)26/h4-6,10-12H,7-9H2,1-3H3,(H,21,23)/t12-/m0/s1. The summed E-state index contributed by atoms with van der Waals surface area (Å²) in [5.74, 6) is -0.425. The maximum atomic E-state index is 12.7. The molecule has 1 aliphatic rings. The van der Waals surface area contributed by atoms with Gasteiger partial charge in [-0.25, -0.2) is 4.79 Å². The van der Waals surface area contributed by atoms with Gasteiger partial charge in [-0.1, -0.05) is 13.0 Å². The highest BCUT2D eigenvalue weighted by atomic mass is 32.1. The largest absolute Gasteiger partial charge is 0.459 e. The first kappa shape index (κ1) is 20.0. The Labute approximate surface area is 166 Å². The molecule has 0 fully saturated rings. The summed E-state index contributed by atoms with van der Waals surface area (Å²) >= 11 is 1.39. The minimum atomic E-state index is -0.548. The van der Waals surface area contributed by atoms with E-state index in [-0.39, 0.29) is 17.4 Å². The second-order valence-corrected chi connectivity index (χ2v) is 8.38. The van der Waals surface area contributed by atoms with Gasteiger partial charge in [0, 0.05) is 22.6 Å². The topological polar surface area (TPSA) is 98.5 Å². The maximum absolute atomic E-state index is 12.7. The van der Waals surface area contributed by atoms with Gasteiger partial charge in [0.2, 0.25) is 0 Å². The Morgan fingerprint density at radius 2 is 2.11 bits per heavy atom. The molecule has 2 aromatic rings. The smallest absolute Gasteiger partial charge is 0.341 e. The highest BCUT2D eigenvalue weighted by Crippen LogP contribution is 2.40. The van der Waals surface area contributed by atoms with Crippen LogP contribution in [0.3, 0.4) is 0 Å². The third kappa shape index (κ3) is 4.22. The zero-order valence-electron chi connectivity index (χ0n) is 16.0. The molecule has 0 saturated heterocycles. The van der Waals surface area contributed by atoms with Crippen molar-refractivity contribution in [1.82, 2.24) is 0 Å². The van der Waals surface area contributed by atoms with Gasteiger partial charge in [0.25, 0.3) is 11.6 Å². The van der Waals surface area contributed by atoms with Gasteiger partial charge in [0.15, 0.2) is 0 Å². The number of carbonyl (C=O) groups excluding carboxylic acids is 2. The molecule has 1 N–H and O–H groups in total. The van der Waals surface area contributed by atoms with Crippen LogP contribution in [0.5, 0.6) is 0 Å². The number of nitrogens with one attached hydrogen (secondary N) is 1. The van der Waals surface area contributed by atoms with Crippen molar-refractivity contribution >= 4 is 33.9 Å². The third-order valence-corrected chi connectivity index (χ3v) is 5.77. The predicted octanol–water partition coefficient (Wildman–Crippen LogP) is 4.60. The molecule has 0 bridgehead atoms. The van der Waals surface area contributed by atoms with Crippen LogP contribution in [0.1, 0.15) is 58.3 Å². The molecule has 8 heteroatoms. The number of hydrogen-bond acceptors (Lipinski definition) is 6. The van der Waals surface area contributed by atoms with Gasteiger partial charge in [-0.15, -0.1) is 11.3 Å². The SMILES string of the molecule is CC(C)OC(=O)c1c(NC(=O)c2cccc([N+](=O)[O-])c2)sc2c1CC[C@H](C)C2. The number of esters is 1. The molecule has 0 saturated carbocycles. The Balaban J connectivity index is 1.94. The summed E-state index contributed by atoms with van der Waals surface area (Å²) in [4.78, 5) is 36.9. The van der Waals surface area contributed by atoms with Crippen LogP contribution >= 0.6 is 11.3 Å². The number of nitro groups is 1. The Morgan fingerprint density at radius 3 is 2.79 bits per heavy atom. The van der Waals surface area contributed by atoms with Crippen molar-refractivity contribution in [1.29, 1.82) is 0 Å². The number of fused-ring (bicyclic) bond motifs is 1. The van der Waals surface area contributed by atoms with E-state index in [4.69, 9.17) is 4.74 Å². The zero-order chi connectivity index (χ0) is 20.4. The van der Waals surface area contributed by atoms with Crippen LogP contribution < -0.4 is 5.32 Å². The molecule has 1 amide bonds. The lowest BCUT2D eigenvalue weighted by molar-refractivity contribution is -0.384.